The van der Waals surface area contributed by atoms with Crippen LogP contribution >= 0.6 is 23.6 Å². The molecule has 1 N–H and O–H groups in total. The summed E-state index contributed by atoms with van der Waals surface area (Å²) < 4.78 is 0.748. The van der Waals surface area contributed by atoms with Crippen LogP contribution in [0.25, 0.3) is 11.1 Å². The maximum absolute atomic E-state index is 12.2. The molecule has 5 nitrogen and oxygen atoms in total. The molecule has 1 aromatic heterocycles. The molecule has 0 bridgehead atoms. The smallest absolute Gasteiger partial charge is 0.222 e. The first-order valence-electron chi connectivity index (χ1n) is 10.3. The molecule has 0 aliphatic carbocycles. The second-order valence-electron chi connectivity index (χ2n) is 7.35. The molecule has 0 radical (unpaired) electrons. The fourth-order valence-corrected chi connectivity index (χ4v) is 3.75. The summed E-state index contributed by atoms with van der Waals surface area (Å²) in [4.78, 5) is 25.3. The van der Waals surface area contributed by atoms with Crippen molar-refractivity contribution in [2.24, 2.45) is 0 Å². The summed E-state index contributed by atoms with van der Waals surface area (Å²) >= 11 is 6.22. The molecule has 1 amide bonds. The van der Waals surface area contributed by atoms with Crippen LogP contribution in [0.2, 0.25) is 0 Å². The average molecular weight is 456 g/mol. The van der Waals surface area contributed by atoms with Crippen molar-refractivity contribution in [1.82, 2.24) is 15.1 Å². The van der Waals surface area contributed by atoms with Crippen LogP contribution in [0.15, 0.2) is 54.6 Å². The zero-order chi connectivity index (χ0) is 22.6. The van der Waals surface area contributed by atoms with E-state index in [9.17, 15) is 9.59 Å². The summed E-state index contributed by atoms with van der Waals surface area (Å²) in [5.41, 5.74) is 3.04. The molecule has 0 aliphatic heterocycles. The lowest BCUT2D eigenvalue weighted by Gasteiger charge is -2.09. The van der Waals surface area contributed by atoms with Crippen LogP contribution in [0.4, 0.5) is 0 Å². The Kier molecular flexibility index (Phi) is 10.3. The normalized spacial score (nSPS) is 10.2. The maximum atomic E-state index is 12.2. The molecule has 31 heavy (non-hydrogen) atoms. The van der Waals surface area contributed by atoms with E-state index in [0.717, 1.165) is 44.9 Å². The third-order valence-corrected chi connectivity index (χ3v) is 5.66. The zero-order valence-electron chi connectivity index (χ0n) is 18.3. The van der Waals surface area contributed by atoms with Gasteiger partial charge in [0, 0.05) is 32.5 Å². The third-order valence-electron chi connectivity index (χ3n) is 4.65. The highest BCUT2D eigenvalue weighted by atomic mass is 32.1. The Morgan fingerprint density at radius 1 is 0.935 bits per heavy atom. The van der Waals surface area contributed by atoms with Gasteiger partial charge in [0.1, 0.15) is 5.01 Å². The van der Waals surface area contributed by atoms with Crippen molar-refractivity contribution in [3.63, 3.8) is 0 Å². The second kappa shape index (κ2) is 12.9. The Morgan fingerprint density at radius 2 is 1.55 bits per heavy atom. The number of aromatic amines is 1. The maximum Gasteiger partial charge on any atom is 0.222 e. The molecule has 0 aliphatic rings. The lowest BCUT2D eigenvalue weighted by atomic mass is 10.00. The Labute approximate surface area is 193 Å². The van der Waals surface area contributed by atoms with Gasteiger partial charge in [-0.25, -0.2) is 0 Å². The Bertz CT molecular complexity index is 1010. The number of Topliss-reactive ketones (excluding diaryl/α,β-unsaturated/α-hetero) is 1. The summed E-state index contributed by atoms with van der Waals surface area (Å²) in [6, 6.07) is 17.9. The van der Waals surface area contributed by atoms with Crippen molar-refractivity contribution in [3.05, 3.63) is 69.1 Å². The zero-order valence-corrected chi connectivity index (χ0v) is 19.9. The number of carbonyl (C=O) groups excluding carboxylic acids is 2. The number of aryl methyl sites for hydroxylation is 1. The van der Waals surface area contributed by atoms with E-state index in [2.05, 4.69) is 22.3 Å². The van der Waals surface area contributed by atoms with Gasteiger partial charge in [0.2, 0.25) is 5.91 Å². The van der Waals surface area contributed by atoms with E-state index < -0.39 is 0 Å². The van der Waals surface area contributed by atoms with Crippen LogP contribution < -0.4 is 0 Å². The molecule has 2 aromatic carbocycles. The molecule has 1 heterocycles. The molecule has 3 rings (SSSR count). The number of amides is 1. The van der Waals surface area contributed by atoms with Gasteiger partial charge in [0.15, 0.2) is 9.74 Å². The third kappa shape index (κ3) is 8.94. The number of hydrogen-bond donors (Lipinski definition) is 1. The van der Waals surface area contributed by atoms with Crippen LogP contribution in [0.5, 0.6) is 0 Å². The summed E-state index contributed by atoms with van der Waals surface area (Å²) in [6.07, 6.45) is 3.69. The molecule has 0 fully saturated rings. The number of carbonyl (C=O) groups is 2. The quantitative estimate of drug-likeness (QED) is 0.254. The van der Waals surface area contributed by atoms with Gasteiger partial charge in [0.05, 0.1) is 0 Å². The van der Waals surface area contributed by atoms with E-state index in [1.54, 1.807) is 19.0 Å². The minimum absolute atomic E-state index is 0.151. The van der Waals surface area contributed by atoms with Crippen molar-refractivity contribution < 1.29 is 9.59 Å². The standard InChI is InChI=1S/C21H25NO2.C3H4N2S2/c1-22(2)21(24)12-8-4-7-11-20(23)19-15-13-18(14-16-19)17-9-5-3-6-10-17;1-2-4-5-3(6)7-2/h3,5-6,9-10,13-16H,4,7-8,11-12H2,1-2H3;1H3,(H,5,6). The number of nitrogens with zero attached hydrogens (tertiary/aromatic N) is 2. The topological polar surface area (TPSA) is 66.1 Å². The number of rotatable bonds is 8. The SMILES string of the molecule is CN(C)C(=O)CCCCCC(=O)c1ccc(-c2ccccc2)cc1.Cc1n[nH]c(=S)s1. The first-order valence-corrected chi connectivity index (χ1v) is 11.5. The first kappa shape index (κ1) is 24.6. The van der Waals surface area contributed by atoms with Gasteiger partial charge >= 0.3 is 0 Å². The summed E-state index contributed by atoms with van der Waals surface area (Å²) in [5.74, 6) is 0.325. The van der Waals surface area contributed by atoms with Crippen LogP contribution in [-0.4, -0.2) is 40.9 Å². The van der Waals surface area contributed by atoms with Crippen LogP contribution in [-0.2, 0) is 4.79 Å². The van der Waals surface area contributed by atoms with Gasteiger partial charge in [-0.2, -0.15) is 5.10 Å². The number of H-pyrrole nitrogens is 1. The number of benzene rings is 2. The number of ketones is 1. The lowest BCUT2D eigenvalue weighted by molar-refractivity contribution is -0.128. The van der Waals surface area contributed by atoms with E-state index in [1.165, 1.54) is 11.3 Å². The molecule has 0 unspecified atom stereocenters. The molecule has 0 spiro atoms. The second-order valence-corrected chi connectivity index (χ2v) is 9.22. The van der Waals surface area contributed by atoms with Crippen LogP contribution in [0, 0.1) is 10.9 Å². The molecule has 0 saturated carbocycles. The van der Waals surface area contributed by atoms with Crippen LogP contribution in [0.1, 0.15) is 47.5 Å². The van der Waals surface area contributed by atoms with Crippen molar-refractivity contribution in [2.45, 2.75) is 39.0 Å². The van der Waals surface area contributed by atoms with E-state index in [4.69, 9.17) is 12.2 Å². The Hall–Kier alpha value is -2.64. The highest BCUT2D eigenvalue weighted by Crippen LogP contribution is 2.20. The molecule has 7 heteroatoms. The van der Waals surface area contributed by atoms with Gasteiger partial charge in [-0.15, -0.1) is 0 Å². The molecule has 164 valence electrons. The minimum atomic E-state index is 0.151. The average Bonchev–Trinajstić information content (AvgIpc) is 3.16. The van der Waals surface area contributed by atoms with E-state index in [-0.39, 0.29) is 11.7 Å². The number of aromatic nitrogens is 2. The minimum Gasteiger partial charge on any atom is -0.349 e. The molecular weight excluding hydrogens is 426 g/mol. The largest absolute Gasteiger partial charge is 0.349 e. The molecule has 0 saturated heterocycles. The van der Waals surface area contributed by atoms with Gasteiger partial charge in [0.25, 0.3) is 0 Å². The highest BCUT2D eigenvalue weighted by Gasteiger charge is 2.07. The predicted molar refractivity (Wildman–Crippen MR) is 130 cm³/mol. The van der Waals surface area contributed by atoms with Gasteiger partial charge < -0.3 is 4.90 Å². The summed E-state index contributed by atoms with van der Waals surface area (Å²) in [6.45, 7) is 1.91. The highest BCUT2D eigenvalue weighted by molar-refractivity contribution is 7.73. The Balaban J connectivity index is 0.000000412. The fraction of sp³-hybridized carbons (Fsp3) is 0.333. The molecular formula is C24H29N3O2S2. The molecule has 3 aromatic rings. The van der Waals surface area contributed by atoms with Crippen molar-refractivity contribution >= 4 is 35.2 Å². The van der Waals surface area contributed by atoms with Gasteiger partial charge in [-0.1, -0.05) is 72.4 Å². The van der Waals surface area contributed by atoms with Gasteiger partial charge in [-0.05, 0) is 43.1 Å². The van der Waals surface area contributed by atoms with E-state index in [0.29, 0.717) is 12.8 Å². The van der Waals surface area contributed by atoms with Crippen molar-refractivity contribution in [3.8, 4) is 11.1 Å². The Morgan fingerprint density at radius 3 is 2.06 bits per heavy atom. The first-order chi connectivity index (χ1) is 14.9. The van der Waals surface area contributed by atoms with Crippen molar-refractivity contribution in [2.75, 3.05) is 14.1 Å². The van der Waals surface area contributed by atoms with Crippen molar-refractivity contribution in [1.29, 1.82) is 0 Å². The fourth-order valence-electron chi connectivity index (χ4n) is 2.89. The number of hydrogen-bond acceptors (Lipinski definition) is 5. The number of nitrogens with one attached hydrogen (secondary N) is 1. The number of unbranched alkanes of at least 4 members (excludes halogenated alkanes) is 2. The predicted octanol–water partition coefficient (Wildman–Crippen LogP) is 6.08. The van der Waals surface area contributed by atoms with Crippen LogP contribution in [0.3, 0.4) is 0 Å². The van der Waals surface area contributed by atoms with Gasteiger partial charge in [-0.3, -0.25) is 14.7 Å². The lowest BCUT2D eigenvalue weighted by Crippen LogP contribution is -2.21. The molecule has 0 atom stereocenters. The summed E-state index contributed by atoms with van der Waals surface area (Å²) in [7, 11) is 3.54. The monoisotopic (exact) mass is 455 g/mol. The van der Waals surface area contributed by atoms with E-state index in [1.807, 2.05) is 49.4 Å². The summed E-state index contributed by atoms with van der Waals surface area (Å²) in [5, 5.41) is 7.45. The van der Waals surface area contributed by atoms with E-state index >= 15 is 0 Å².